The minimum atomic E-state index is 0.901. The summed E-state index contributed by atoms with van der Waals surface area (Å²) in [6.45, 7) is 3.96. The van der Waals surface area contributed by atoms with Crippen molar-refractivity contribution in [1.29, 1.82) is 0 Å². The maximum Gasteiger partial charge on any atom is 0.118 e. The van der Waals surface area contributed by atoms with Crippen LogP contribution in [0.3, 0.4) is 0 Å². The molecule has 0 amide bonds. The quantitative estimate of drug-likeness (QED) is 0.607. The molecule has 0 aliphatic rings. The summed E-state index contributed by atoms with van der Waals surface area (Å²) >= 11 is 0. The van der Waals surface area contributed by atoms with Gasteiger partial charge in [-0.3, -0.25) is 0 Å². The summed E-state index contributed by atoms with van der Waals surface area (Å²) in [7, 11) is 1.70. The van der Waals surface area contributed by atoms with Gasteiger partial charge >= 0.3 is 0 Å². The lowest BCUT2D eigenvalue weighted by atomic mass is 10.1. The Labute approximate surface area is 105 Å². The summed E-state index contributed by atoms with van der Waals surface area (Å²) in [6.07, 6.45) is 5.93. The lowest BCUT2D eigenvalue weighted by molar-refractivity contribution is 0.130. The third-order valence-electron chi connectivity index (χ3n) is 2.76. The van der Waals surface area contributed by atoms with Crippen molar-refractivity contribution in [3.05, 3.63) is 29.8 Å². The third kappa shape index (κ3) is 6.32. The number of benzene rings is 1. The smallest absolute Gasteiger partial charge is 0.118 e. The van der Waals surface area contributed by atoms with Crippen molar-refractivity contribution in [2.45, 2.75) is 39.0 Å². The molecule has 0 atom stereocenters. The van der Waals surface area contributed by atoms with Crippen LogP contribution in [0.4, 0.5) is 0 Å². The highest BCUT2D eigenvalue weighted by atomic mass is 16.5. The zero-order chi connectivity index (χ0) is 12.3. The standard InChI is InChI=1S/C15H24O2/c1-3-12-17-13-6-4-5-7-14-8-10-15(16-2)11-9-14/h8-11H,3-7,12-13H2,1-2H3. The lowest BCUT2D eigenvalue weighted by Gasteiger charge is -2.04. The summed E-state index contributed by atoms with van der Waals surface area (Å²) in [4.78, 5) is 0. The number of hydrogen-bond donors (Lipinski definition) is 0. The van der Waals surface area contributed by atoms with E-state index in [1.807, 2.05) is 12.1 Å². The molecule has 0 heterocycles. The molecule has 1 aromatic carbocycles. The molecule has 0 spiro atoms. The fraction of sp³-hybridized carbons (Fsp3) is 0.600. The monoisotopic (exact) mass is 236 g/mol. The van der Waals surface area contributed by atoms with Crippen molar-refractivity contribution in [3.8, 4) is 5.75 Å². The summed E-state index contributed by atoms with van der Waals surface area (Å²) in [5.41, 5.74) is 1.39. The Morgan fingerprint density at radius 2 is 1.71 bits per heavy atom. The van der Waals surface area contributed by atoms with Crippen LogP contribution in [0.1, 0.15) is 38.2 Å². The van der Waals surface area contributed by atoms with Crippen molar-refractivity contribution in [3.63, 3.8) is 0 Å². The van der Waals surface area contributed by atoms with Gasteiger partial charge in [0.2, 0.25) is 0 Å². The maximum atomic E-state index is 5.45. The zero-order valence-electron chi connectivity index (χ0n) is 11.1. The van der Waals surface area contributed by atoms with Gasteiger partial charge in [-0.15, -0.1) is 0 Å². The number of hydrogen-bond acceptors (Lipinski definition) is 2. The predicted octanol–water partition coefficient (Wildman–Crippen LogP) is 3.83. The highest BCUT2D eigenvalue weighted by Crippen LogP contribution is 2.13. The number of rotatable bonds is 9. The molecule has 0 fully saturated rings. The molecular weight excluding hydrogens is 212 g/mol. The van der Waals surface area contributed by atoms with E-state index in [0.717, 1.165) is 31.8 Å². The summed E-state index contributed by atoms with van der Waals surface area (Å²) in [5.74, 6) is 0.932. The van der Waals surface area contributed by atoms with Crippen LogP contribution in [0, 0.1) is 0 Å². The van der Waals surface area contributed by atoms with E-state index in [4.69, 9.17) is 9.47 Å². The van der Waals surface area contributed by atoms with E-state index in [-0.39, 0.29) is 0 Å². The van der Waals surface area contributed by atoms with Crippen LogP contribution >= 0.6 is 0 Å². The third-order valence-corrected chi connectivity index (χ3v) is 2.76. The van der Waals surface area contributed by atoms with E-state index >= 15 is 0 Å². The fourth-order valence-electron chi connectivity index (χ4n) is 1.75. The Balaban J connectivity index is 2.05. The molecule has 0 N–H and O–H groups in total. The van der Waals surface area contributed by atoms with Crippen LogP contribution in [-0.4, -0.2) is 20.3 Å². The molecule has 2 heteroatoms. The van der Waals surface area contributed by atoms with Gasteiger partial charge in [0.25, 0.3) is 0 Å². The van der Waals surface area contributed by atoms with E-state index < -0.39 is 0 Å². The molecule has 0 aromatic heterocycles. The number of methoxy groups -OCH3 is 1. The van der Waals surface area contributed by atoms with Gasteiger partial charge in [0.1, 0.15) is 5.75 Å². The summed E-state index contributed by atoms with van der Waals surface area (Å²) < 4.78 is 10.6. The molecule has 0 aliphatic carbocycles. The minimum absolute atomic E-state index is 0.901. The van der Waals surface area contributed by atoms with Gasteiger partial charge in [-0.05, 0) is 43.4 Å². The zero-order valence-corrected chi connectivity index (χ0v) is 11.1. The second-order valence-corrected chi connectivity index (χ2v) is 4.27. The Kier molecular flexibility index (Phi) is 7.48. The second-order valence-electron chi connectivity index (χ2n) is 4.27. The fourth-order valence-corrected chi connectivity index (χ4v) is 1.75. The topological polar surface area (TPSA) is 18.5 Å². The Morgan fingerprint density at radius 3 is 2.35 bits per heavy atom. The normalized spacial score (nSPS) is 10.5. The maximum absolute atomic E-state index is 5.45. The van der Waals surface area contributed by atoms with Gasteiger partial charge in [-0.2, -0.15) is 0 Å². The van der Waals surface area contributed by atoms with Crippen LogP contribution < -0.4 is 4.74 Å². The Morgan fingerprint density at radius 1 is 0.941 bits per heavy atom. The molecule has 17 heavy (non-hydrogen) atoms. The van der Waals surface area contributed by atoms with Crippen LogP contribution in [-0.2, 0) is 11.2 Å². The summed E-state index contributed by atoms with van der Waals surface area (Å²) in [5, 5.41) is 0. The van der Waals surface area contributed by atoms with Crippen LogP contribution in [0.2, 0.25) is 0 Å². The van der Waals surface area contributed by atoms with E-state index in [9.17, 15) is 0 Å². The predicted molar refractivity (Wildman–Crippen MR) is 71.7 cm³/mol. The van der Waals surface area contributed by atoms with Crippen molar-refractivity contribution >= 4 is 0 Å². The molecular formula is C15H24O2. The first kappa shape index (κ1) is 14.0. The molecule has 96 valence electrons. The van der Waals surface area contributed by atoms with Crippen LogP contribution in [0.5, 0.6) is 5.75 Å². The minimum Gasteiger partial charge on any atom is -0.497 e. The van der Waals surface area contributed by atoms with Crippen LogP contribution in [0.25, 0.3) is 0 Å². The van der Waals surface area contributed by atoms with Gasteiger partial charge in [-0.1, -0.05) is 25.5 Å². The molecule has 1 aromatic rings. The van der Waals surface area contributed by atoms with E-state index in [1.54, 1.807) is 7.11 Å². The van der Waals surface area contributed by atoms with Gasteiger partial charge in [0, 0.05) is 13.2 Å². The Hall–Kier alpha value is -1.02. The largest absolute Gasteiger partial charge is 0.497 e. The number of ether oxygens (including phenoxy) is 2. The average molecular weight is 236 g/mol. The molecule has 1 rings (SSSR count). The van der Waals surface area contributed by atoms with Crippen molar-refractivity contribution in [2.24, 2.45) is 0 Å². The second kappa shape index (κ2) is 9.06. The van der Waals surface area contributed by atoms with E-state index in [2.05, 4.69) is 19.1 Å². The Bertz CT molecular complexity index is 279. The van der Waals surface area contributed by atoms with Gasteiger partial charge in [0.05, 0.1) is 7.11 Å². The van der Waals surface area contributed by atoms with Crippen molar-refractivity contribution < 1.29 is 9.47 Å². The first-order chi connectivity index (χ1) is 8.36. The molecule has 0 aliphatic heterocycles. The summed E-state index contributed by atoms with van der Waals surface area (Å²) in [6, 6.07) is 8.35. The first-order valence-corrected chi connectivity index (χ1v) is 6.57. The highest BCUT2D eigenvalue weighted by Gasteiger charge is 1.95. The number of unbranched alkanes of at least 4 members (excludes halogenated alkanes) is 2. The lowest BCUT2D eigenvalue weighted by Crippen LogP contribution is -1.96. The van der Waals surface area contributed by atoms with E-state index in [0.29, 0.717) is 0 Å². The molecule has 0 saturated carbocycles. The van der Waals surface area contributed by atoms with Crippen molar-refractivity contribution in [2.75, 3.05) is 20.3 Å². The first-order valence-electron chi connectivity index (χ1n) is 6.57. The SMILES string of the molecule is CCCOCCCCCc1ccc(OC)cc1. The molecule has 0 unspecified atom stereocenters. The molecule has 0 saturated heterocycles. The van der Waals surface area contributed by atoms with Gasteiger partial charge in [-0.25, -0.2) is 0 Å². The molecule has 2 nitrogen and oxygen atoms in total. The van der Waals surface area contributed by atoms with E-state index in [1.165, 1.54) is 24.8 Å². The van der Waals surface area contributed by atoms with Crippen molar-refractivity contribution in [1.82, 2.24) is 0 Å². The molecule has 0 bridgehead atoms. The van der Waals surface area contributed by atoms with Crippen LogP contribution in [0.15, 0.2) is 24.3 Å². The number of aryl methyl sites for hydroxylation is 1. The highest BCUT2D eigenvalue weighted by molar-refractivity contribution is 5.27. The average Bonchev–Trinajstić information content (AvgIpc) is 2.38. The van der Waals surface area contributed by atoms with Gasteiger partial charge in [0.15, 0.2) is 0 Å². The molecule has 0 radical (unpaired) electrons. The van der Waals surface area contributed by atoms with Gasteiger partial charge < -0.3 is 9.47 Å².